The number of rotatable bonds is 23. The van der Waals surface area contributed by atoms with Crippen LogP contribution in [0.3, 0.4) is 0 Å². The van der Waals surface area contributed by atoms with Crippen LogP contribution in [0.5, 0.6) is 0 Å². The maximum absolute atomic E-state index is 4.01. The molecule has 0 amide bonds. The second-order valence-electron chi connectivity index (χ2n) is 11.6. The summed E-state index contributed by atoms with van der Waals surface area (Å²) in [7, 11) is 0. The van der Waals surface area contributed by atoms with Crippen molar-refractivity contribution in [2.24, 2.45) is 0 Å². The molecule has 0 aromatic heterocycles. The molecular weight excluding hydrogens is 463 g/mol. The molecular formula is C33H62ClP. The Labute approximate surface area is 227 Å². The summed E-state index contributed by atoms with van der Waals surface area (Å²) < 4.78 is 0. The first-order chi connectivity index (χ1) is 16.5. The van der Waals surface area contributed by atoms with Crippen molar-refractivity contribution in [2.75, 3.05) is 25.2 Å². The molecule has 0 aliphatic heterocycles. The predicted octanol–water partition coefficient (Wildman–Crippen LogP) is 11.6. The third-order valence-electron chi connectivity index (χ3n) is 8.42. The molecule has 0 spiro atoms. The molecule has 206 valence electrons. The molecule has 1 rings (SSSR count). The minimum absolute atomic E-state index is 0. The Balaban J connectivity index is 0.0000116. The van der Waals surface area contributed by atoms with Gasteiger partial charge >= 0.3 is 216 Å². The number of unbranched alkanes of at least 4 members (excludes halogenated alkanes) is 15. The van der Waals surface area contributed by atoms with Gasteiger partial charge in [-0.15, -0.1) is 12.4 Å². The number of benzene rings is 1. The zero-order valence-electron chi connectivity index (χ0n) is 24.3. The van der Waals surface area contributed by atoms with Crippen molar-refractivity contribution in [1.82, 2.24) is 0 Å². The average molecular weight is 525 g/mol. The third kappa shape index (κ3) is 13.7. The molecule has 0 saturated carbocycles. The van der Waals surface area contributed by atoms with Crippen LogP contribution in [0.1, 0.15) is 142 Å². The van der Waals surface area contributed by atoms with E-state index >= 15 is 0 Å². The smallest absolute Gasteiger partial charge is 0.147 e. The SMILES string of the molecule is C=Cc1ccc(P(C)(CCCCCCCC)(CCCCCCCC)CCCCCCCC)cc1.Cl. The summed E-state index contributed by atoms with van der Waals surface area (Å²) in [5, 5.41) is 1.73. The van der Waals surface area contributed by atoms with Crippen LogP contribution in [0, 0.1) is 0 Å². The van der Waals surface area contributed by atoms with Crippen molar-refractivity contribution < 1.29 is 0 Å². The second kappa shape index (κ2) is 20.7. The molecule has 0 bridgehead atoms. The molecule has 1 aromatic rings. The largest absolute Gasteiger partial charge is 0.147 e. The van der Waals surface area contributed by atoms with Crippen molar-refractivity contribution in [3.05, 3.63) is 36.4 Å². The first kappa shape index (κ1) is 34.7. The number of halogens is 1. The second-order valence-corrected chi connectivity index (χ2v) is 18.1. The van der Waals surface area contributed by atoms with Crippen LogP contribution in [0.4, 0.5) is 0 Å². The van der Waals surface area contributed by atoms with E-state index in [1.54, 1.807) is 5.30 Å². The van der Waals surface area contributed by atoms with Gasteiger partial charge in [-0.3, -0.25) is 0 Å². The molecule has 0 atom stereocenters. The summed E-state index contributed by atoms with van der Waals surface area (Å²) in [6.45, 7) is 11.8. The monoisotopic (exact) mass is 524 g/mol. The zero-order valence-corrected chi connectivity index (χ0v) is 26.0. The van der Waals surface area contributed by atoms with Gasteiger partial charge in [0.2, 0.25) is 0 Å². The molecule has 0 aliphatic carbocycles. The van der Waals surface area contributed by atoms with Gasteiger partial charge in [0.05, 0.1) is 0 Å². The molecule has 0 N–H and O–H groups in total. The maximum atomic E-state index is 4.01. The summed E-state index contributed by atoms with van der Waals surface area (Å²) >= 11 is 0. The van der Waals surface area contributed by atoms with Crippen molar-refractivity contribution in [3.63, 3.8) is 0 Å². The van der Waals surface area contributed by atoms with Crippen molar-refractivity contribution in [3.8, 4) is 0 Å². The number of hydrogen-bond donors (Lipinski definition) is 0. The van der Waals surface area contributed by atoms with E-state index in [0.29, 0.717) is 0 Å². The summed E-state index contributed by atoms with van der Waals surface area (Å²) in [6.07, 6.45) is 31.9. The van der Waals surface area contributed by atoms with Gasteiger partial charge in [-0.2, -0.15) is 0 Å². The summed E-state index contributed by atoms with van der Waals surface area (Å²) in [5.74, 6) is 0. The predicted molar refractivity (Wildman–Crippen MR) is 171 cm³/mol. The van der Waals surface area contributed by atoms with Gasteiger partial charge in [0.25, 0.3) is 0 Å². The Hall–Kier alpha value is -0.320. The van der Waals surface area contributed by atoms with Crippen LogP contribution in [-0.4, -0.2) is 25.2 Å². The fourth-order valence-electron chi connectivity index (χ4n) is 5.86. The van der Waals surface area contributed by atoms with E-state index < -0.39 is 6.60 Å². The van der Waals surface area contributed by atoms with Gasteiger partial charge in [-0.1, -0.05) is 0 Å². The Bertz CT molecular complexity index is 577. The zero-order chi connectivity index (χ0) is 25.0. The van der Waals surface area contributed by atoms with Gasteiger partial charge in [0, 0.05) is 0 Å². The molecule has 0 aliphatic rings. The summed E-state index contributed by atoms with van der Waals surface area (Å²) in [5.41, 5.74) is 1.27. The van der Waals surface area contributed by atoms with Crippen LogP contribution in [0.15, 0.2) is 30.8 Å². The third-order valence-corrected chi connectivity index (χ3v) is 15.2. The first-order valence-electron chi connectivity index (χ1n) is 15.3. The van der Waals surface area contributed by atoms with Gasteiger partial charge in [-0.05, 0) is 0 Å². The van der Waals surface area contributed by atoms with E-state index in [1.807, 2.05) is 6.08 Å². The van der Waals surface area contributed by atoms with E-state index in [1.165, 1.54) is 140 Å². The van der Waals surface area contributed by atoms with Gasteiger partial charge in [-0.25, -0.2) is 0 Å². The first-order valence-corrected chi connectivity index (χ1v) is 18.5. The Morgan fingerprint density at radius 2 is 0.857 bits per heavy atom. The molecule has 0 radical (unpaired) electrons. The van der Waals surface area contributed by atoms with Gasteiger partial charge in [0.15, 0.2) is 0 Å². The average Bonchev–Trinajstić information content (AvgIpc) is 2.86. The quantitative estimate of drug-likeness (QED) is 0.0985. The fraction of sp³-hybridized carbons (Fsp3) is 0.758. The topological polar surface area (TPSA) is 0 Å². The van der Waals surface area contributed by atoms with E-state index in [4.69, 9.17) is 0 Å². The van der Waals surface area contributed by atoms with Gasteiger partial charge < -0.3 is 0 Å². The Morgan fingerprint density at radius 3 is 1.17 bits per heavy atom. The maximum Gasteiger partial charge on any atom is -0.147 e. The Kier molecular flexibility index (Phi) is 20.5. The van der Waals surface area contributed by atoms with Gasteiger partial charge in [0.1, 0.15) is 0 Å². The van der Waals surface area contributed by atoms with Crippen LogP contribution < -0.4 is 5.30 Å². The van der Waals surface area contributed by atoms with Crippen LogP contribution in [0.25, 0.3) is 6.08 Å². The van der Waals surface area contributed by atoms with Crippen LogP contribution in [0.2, 0.25) is 0 Å². The molecule has 0 unspecified atom stereocenters. The normalized spacial score (nSPS) is 12.6. The minimum atomic E-state index is -1.95. The van der Waals surface area contributed by atoms with E-state index in [2.05, 4.69) is 58.3 Å². The van der Waals surface area contributed by atoms with Crippen molar-refractivity contribution in [1.29, 1.82) is 0 Å². The van der Waals surface area contributed by atoms with Crippen LogP contribution >= 0.6 is 19.0 Å². The molecule has 0 saturated heterocycles. The standard InChI is InChI=1S/C33H61P.ClH/c1-6-10-13-16-19-22-29-34(5,30-23-20-17-14-11-7-2,31-24-21-18-15-12-8-3)33-27-25-32(9-4)26-28-33;/h9,25-28H,4,6-8,10-24,29-31H2,1-3,5H3;1H. The number of hydrogen-bond acceptors (Lipinski definition) is 0. The van der Waals surface area contributed by atoms with E-state index in [0.717, 1.165) is 0 Å². The molecule has 35 heavy (non-hydrogen) atoms. The van der Waals surface area contributed by atoms with Crippen molar-refractivity contribution >= 4 is 30.4 Å². The fourth-order valence-corrected chi connectivity index (χ4v) is 11.8. The van der Waals surface area contributed by atoms with Crippen LogP contribution in [-0.2, 0) is 0 Å². The molecule has 0 nitrogen and oxygen atoms in total. The summed E-state index contributed by atoms with van der Waals surface area (Å²) in [4.78, 5) is 0. The van der Waals surface area contributed by atoms with Crippen molar-refractivity contribution in [2.45, 2.75) is 136 Å². The summed E-state index contributed by atoms with van der Waals surface area (Å²) in [6, 6.07) is 9.72. The molecule has 0 heterocycles. The minimum Gasteiger partial charge on any atom is -0.147 e. The molecule has 1 aromatic carbocycles. The van der Waals surface area contributed by atoms with E-state index in [-0.39, 0.29) is 12.4 Å². The molecule has 2 heteroatoms. The Morgan fingerprint density at radius 1 is 0.543 bits per heavy atom. The van der Waals surface area contributed by atoms with E-state index in [9.17, 15) is 0 Å². The molecule has 0 fully saturated rings.